The molecule has 3 aromatic heterocycles. The number of halogens is 3. The number of nitrogens with zero attached hydrogens (tertiary/aromatic N) is 2. The molecule has 0 aliphatic carbocycles. The summed E-state index contributed by atoms with van der Waals surface area (Å²) in [6.07, 6.45) is -4.06. The Morgan fingerprint density at radius 1 is 1.37 bits per heavy atom. The van der Waals surface area contributed by atoms with Gasteiger partial charge in [0.1, 0.15) is 10.5 Å². The topological polar surface area (TPSA) is 79.8 Å². The average molecular weight is 398 g/mol. The third-order valence-electron chi connectivity index (χ3n) is 3.85. The summed E-state index contributed by atoms with van der Waals surface area (Å²) in [5, 5.41) is 7.52. The number of amides is 1. The predicted octanol–water partition coefficient (Wildman–Crippen LogP) is 4.02. The summed E-state index contributed by atoms with van der Waals surface area (Å²) < 4.78 is 40.2. The molecule has 2 N–H and O–H groups in total. The van der Waals surface area contributed by atoms with Crippen LogP contribution in [0.15, 0.2) is 23.1 Å². The van der Waals surface area contributed by atoms with E-state index in [2.05, 4.69) is 10.4 Å². The third kappa shape index (κ3) is 3.90. The minimum absolute atomic E-state index is 0.291. The number of carbonyl (C=O) groups is 1. The number of thiophene rings is 1. The number of pyridine rings is 1. The van der Waals surface area contributed by atoms with Crippen molar-refractivity contribution in [2.75, 3.05) is 5.32 Å². The van der Waals surface area contributed by atoms with Crippen LogP contribution in [0.4, 0.5) is 18.9 Å². The number of nitrogens with one attached hydrogen (secondary N) is 2. The molecule has 0 aliphatic heterocycles. The van der Waals surface area contributed by atoms with E-state index in [-0.39, 0.29) is 0 Å². The van der Waals surface area contributed by atoms with Crippen molar-refractivity contribution in [3.8, 4) is 0 Å². The number of H-pyrrole nitrogens is 1. The third-order valence-corrected chi connectivity index (χ3v) is 5.00. The van der Waals surface area contributed by atoms with Crippen molar-refractivity contribution in [3.63, 3.8) is 0 Å². The summed E-state index contributed by atoms with van der Waals surface area (Å²) in [6.45, 7) is 6.60. The maximum Gasteiger partial charge on any atom is 0.417 e. The number of hydrogen-bond acceptors (Lipinski definition) is 4. The van der Waals surface area contributed by atoms with Crippen LogP contribution >= 0.6 is 11.3 Å². The van der Waals surface area contributed by atoms with Crippen molar-refractivity contribution in [1.82, 2.24) is 14.8 Å². The van der Waals surface area contributed by atoms with Gasteiger partial charge in [0.05, 0.1) is 16.1 Å². The molecule has 0 aliphatic rings. The van der Waals surface area contributed by atoms with Gasteiger partial charge in [0.25, 0.3) is 11.5 Å². The summed E-state index contributed by atoms with van der Waals surface area (Å²) in [5.74, 6) is -0.285. The summed E-state index contributed by atoms with van der Waals surface area (Å²) in [7, 11) is 0. The van der Waals surface area contributed by atoms with Crippen LogP contribution in [-0.4, -0.2) is 20.7 Å². The quantitative estimate of drug-likeness (QED) is 0.697. The predicted molar refractivity (Wildman–Crippen MR) is 97.2 cm³/mol. The van der Waals surface area contributed by atoms with Gasteiger partial charge in [-0.2, -0.15) is 18.3 Å². The molecule has 3 aromatic rings. The molecule has 0 radical (unpaired) electrons. The molecule has 0 aromatic carbocycles. The number of carbonyl (C=O) groups excluding carboxylic acids is 1. The van der Waals surface area contributed by atoms with Crippen LogP contribution in [0.25, 0.3) is 10.2 Å². The number of anilines is 1. The summed E-state index contributed by atoms with van der Waals surface area (Å²) in [6, 6.07) is 2.26. The van der Waals surface area contributed by atoms with Crippen molar-refractivity contribution >= 4 is 33.1 Å². The first-order chi connectivity index (χ1) is 12.6. The normalized spacial score (nSPS) is 12.1. The van der Waals surface area contributed by atoms with Crippen molar-refractivity contribution in [1.29, 1.82) is 0 Å². The molecule has 3 rings (SSSR count). The monoisotopic (exact) mass is 398 g/mol. The number of alkyl halides is 3. The molecule has 0 fully saturated rings. The zero-order chi connectivity index (χ0) is 19.9. The first-order valence-corrected chi connectivity index (χ1v) is 8.96. The number of hydrogen-bond donors (Lipinski definition) is 2. The molecule has 0 saturated heterocycles. The highest BCUT2D eigenvalue weighted by molar-refractivity contribution is 7.20. The Morgan fingerprint density at radius 2 is 2.07 bits per heavy atom. The van der Waals surface area contributed by atoms with Crippen LogP contribution in [0, 0.1) is 12.8 Å². The number of fused-ring (bicyclic) bond motifs is 1. The van der Waals surface area contributed by atoms with E-state index in [0.717, 1.165) is 15.9 Å². The second-order valence-electron chi connectivity index (χ2n) is 6.57. The molecule has 0 unspecified atom stereocenters. The van der Waals surface area contributed by atoms with E-state index in [0.29, 0.717) is 29.6 Å². The van der Waals surface area contributed by atoms with Crippen molar-refractivity contribution < 1.29 is 18.0 Å². The minimum atomic E-state index is -4.63. The largest absolute Gasteiger partial charge is 0.417 e. The fourth-order valence-electron chi connectivity index (χ4n) is 2.62. The Morgan fingerprint density at radius 3 is 2.70 bits per heavy atom. The molecule has 0 saturated carbocycles. The average Bonchev–Trinajstić information content (AvgIpc) is 3.10. The van der Waals surface area contributed by atoms with Gasteiger partial charge < -0.3 is 10.3 Å². The summed E-state index contributed by atoms with van der Waals surface area (Å²) in [5.41, 5.74) is -1.54. The maximum absolute atomic E-state index is 12.8. The SMILES string of the molecule is Cc1nn(CC(C)C)c2sc(C(=O)Nc3cc(C(F)(F)F)c[nH]c3=O)cc12. The van der Waals surface area contributed by atoms with Crippen LogP contribution in [0.3, 0.4) is 0 Å². The fourth-order valence-corrected chi connectivity index (χ4v) is 3.68. The van der Waals surface area contributed by atoms with E-state index in [1.54, 1.807) is 6.07 Å². The van der Waals surface area contributed by atoms with Gasteiger partial charge in [-0.15, -0.1) is 11.3 Å². The number of rotatable bonds is 4. The van der Waals surface area contributed by atoms with E-state index in [4.69, 9.17) is 0 Å². The Kier molecular flexibility index (Phi) is 4.85. The molecule has 3 heterocycles. The number of aromatic nitrogens is 3. The van der Waals surface area contributed by atoms with Gasteiger partial charge in [-0.1, -0.05) is 13.8 Å². The van der Waals surface area contributed by atoms with Crippen LogP contribution in [0.5, 0.6) is 0 Å². The molecular formula is C17H17F3N4O2S. The van der Waals surface area contributed by atoms with Crippen molar-refractivity contribution in [2.24, 2.45) is 5.92 Å². The minimum Gasteiger partial charge on any atom is -0.327 e. The molecule has 6 nitrogen and oxygen atoms in total. The molecule has 144 valence electrons. The lowest BCUT2D eigenvalue weighted by Crippen LogP contribution is -2.21. The van der Waals surface area contributed by atoms with Crippen LogP contribution in [0.2, 0.25) is 0 Å². The molecule has 0 bridgehead atoms. The molecular weight excluding hydrogens is 381 g/mol. The fraction of sp³-hybridized carbons (Fsp3) is 0.353. The van der Waals surface area contributed by atoms with Crippen molar-refractivity contribution in [3.05, 3.63) is 44.8 Å². The summed E-state index contributed by atoms with van der Waals surface area (Å²) in [4.78, 5) is 27.3. The van der Waals surface area contributed by atoms with E-state index in [1.807, 2.05) is 30.4 Å². The molecule has 10 heteroatoms. The first kappa shape index (κ1) is 19.2. The lowest BCUT2D eigenvalue weighted by Gasteiger charge is -2.08. The zero-order valence-electron chi connectivity index (χ0n) is 14.8. The summed E-state index contributed by atoms with van der Waals surface area (Å²) >= 11 is 1.18. The zero-order valence-corrected chi connectivity index (χ0v) is 15.6. The van der Waals surface area contributed by atoms with E-state index in [1.165, 1.54) is 11.3 Å². The van der Waals surface area contributed by atoms with Gasteiger partial charge >= 0.3 is 6.18 Å². The molecule has 0 spiro atoms. The molecule has 27 heavy (non-hydrogen) atoms. The van der Waals surface area contributed by atoms with Crippen LogP contribution < -0.4 is 10.9 Å². The van der Waals surface area contributed by atoms with Crippen LogP contribution in [-0.2, 0) is 12.7 Å². The smallest absolute Gasteiger partial charge is 0.327 e. The highest BCUT2D eigenvalue weighted by Gasteiger charge is 2.31. The standard InChI is InChI=1S/C17H17F3N4O2S/c1-8(2)7-24-16-11(9(3)23-24)5-13(27-16)15(26)22-12-4-10(17(18,19)20)6-21-14(12)25/h4-6,8H,7H2,1-3H3,(H,21,25)(H,22,26). The van der Waals surface area contributed by atoms with Gasteiger partial charge in [-0.25, -0.2) is 0 Å². The lowest BCUT2D eigenvalue weighted by atomic mass is 10.2. The maximum atomic E-state index is 12.8. The number of aryl methyl sites for hydroxylation is 1. The number of aromatic amines is 1. The Hall–Kier alpha value is -2.62. The van der Waals surface area contributed by atoms with Gasteiger partial charge in [-0.05, 0) is 25.0 Å². The second kappa shape index (κ2) is 6.84. The Balaban J connectivity index is 1.92. The van der Waals surface area contributed by atoms with Crippen molar-refractivity contribution in [2.45, 2.75) is 33.5 Å². The van der Waals surface area contributed by atoms with E-state index < -0.39 is 28.9 Å². The van der Waals surface area contributed by atoms with E-state index >= 15 is 0 Å². The second-order valence-corrected chi connectivity index (χ2v) is 7.60. The van der Waals surface area contributed by atoms with Gasteiger partial charge in [0.2, 0.25) is 0 Å². The first-order valence-electron chi connectivity index (χ1n) is 8.14. The van der Waals surface area contributed by atoms with Crippen LogP contribution in [0.1, 0.15) is 34.8 Å². The lowest BCUT2D eigenvalue weighted by molar-refractivity contribution is -0.137. The Bertz CT molecular complexity index is 1060. The van der Waals surface area contributed by atoms with Gasteiger partial charge in [0, 0.05) is 18.1 Å². The van der Waals surface area contributed by atoms with E-state index in [9.17, 15) is 22.8 Å². The van der Waals surface area contributed by atoms with Gasteiger partial charge in [0.15, 0.2) is 0 Å². The molecule has 0 atom stereocenters. The highest BCUT2D eigenvalue weighted by Crippen LogP contribution is 2.31. The molecule has 1 amide bonds. The highest BCUT2D eigenvalue weighted by atomic mass is 32.1. The Labute approximate surface area is 156 Å². The van der Waals surface area contributed by atoms with Gasteiger partial charge in [-0.3, -0.25) is 14.3 Å².